The smallest absolute Gasteiger partial charge is 0.255 e. The van der Waals surface area contributed by atoms with Gasteiger partial charge >= 0.3 is 0 Å². The van der Waals surface area contributed by atoms with Crippen molar-refractivity contribution in [2.24, 2.45) is 0 Å². The van der Waals surface area contributed by atoms with E-state index < -0.39 is 5.82 Å². The van der Waals surface area contributed by atoms with Gasteiger partial charge in [0.05, 0.1) is 11.1 Å². The van der Waals surface area contributed by atoms with Crippen LogP contribution in [0.5, 0.6) is 0 Å². The van der Waals surface area contributed by atoms with Crippen LogP contribution in [0.15, 0.2) is 83.3 Å². The van der Waals surface area contributed by atoms with Gasteiger partial charge in [-0.05, 0) is 74.0 Å². The van der Waals surface area contributed by atoms with Gasteiger partial charge in [0, 0.05) is 11.3 Å². The molecule has 1 aromatic rings. The summed E-state index contributed by atoms with van der Waals surface area (Å²) >= 11 is 5.99. The Kier molecular flexibility index (Phi) is 6.00. The van der Waals surface area contributed by atoms with Gasteiger partial charge in [-0.15, -0.1) is 0 Å². The first kappa shape index (κ1) is 19.9. The summed E-state index contributed by atoms with van der Waals surface area (Å²) in [5.74, 6) is -0.665. The monoisotopic (exact) mass is 396 g/mol. The van der Waals surface area contributed by atoms with Crippen LogP contribution < -0.4 is 10.6 Å². The zero-order valence-corrected chi connectivity index (χ0v) is 16.8. The maximum Gasteiger partial charge on any atom is 0.255 e. The number of rotatable bonds is 2. The number of benzene rings is 1. The Morgan fingerprint density at radius 2 is 1.96 bits per heavy atom. The van der Waals surface area contributed by atoms with E-state index in [0.717, 1.165) is 28.0 Å². The van der Waals surface area contributed by atoms with Crippen LogP contribution in [0, 0.1) is 5.82 Å². The number of carbonyl (C=O) groups is 1. The highest BCUT2D eigenvalue weighted by molar-refractivity contribution is 6.31. The summed E-state index contributed by atoms with van der Waals surface area (Å²) in [5, 5.41) is 6.19. The van der Waals surface area contributed by atoms with E-state index in [0.29, 0.717) is 5.57 Å². The van der Waals surface area contributed by atoms with Gasteiger partial charge < -0.3 is 10.6 Å². The van der Waals surface area contributed by atoms with Crippen molar-refractivity contribution in [3.05, 3.63) is 99.7 Å². The Morgan fingerprint density at radius 3 is 2.68 bits per heavy atom. The molecular weight excluding hydrogens is 375 g/mol. The van der Waals surface area contributed by atoms with E-state index in [9.17, 15) is 9.18 Å². The van der Waals surface area contributed by atoms with Crippen LogP contribution in [0.3, 0.4) is 0 Å². The Morgan fingerprint density at radius 1 is 1.18 bits per heavy atom. The molecule has 0 radical (unpaired) electrons. The van der Waals surface area contributed by atoms with E-state index in [4.69, 9.17) is 11.6 Å². The van der Waals surface area contributed by atoms with Gasteiger partial charge in [0.15, 0.2) is 0 Å². The lowest BCUT2D eigenvalue weighted by Crippen LogP contribution is -2.28. The first-order valence-corrected chi connectivity index (χ1v) is 9.39. The highest BCUT2D eigenvalue weighted by atomic mass is 35.5. The minimum atomic E-state index is -0.473. The molecule has 5 heteroatoms. The largest absolute Gasteiger partial charge is 0.381 e. The first-order valence-electron chi connectivity index (χ1n) is 9.01. The third kappa shape index (κ3) is 4.52. The molecule has 0 aromatic heterocycles. The van der Waals surface area contributed by atoms with Crippen LogP contribution in [0.4, 0.5) is 4.39 Å². The topological polar surface area (TPSA) is 41.1 Å². The number of hydrogen-bond donors (Lipinski definition) is 2. The van der Waals surface area contributed by atoms with Crippen molar-refractivity contribution in [2.75, 3.05) is 0 Å². The third-order valence-corrected chi connectivity index (χ3v) is 4.92. The molecule has 28 heavy (non-hydrogen) atoms. The molecule has 0 fully saturated rings. The fourth-order valence-corrected chi connectivity index (χ4v) is 3.33. The van der Waals surface area contributed by atoms with Gasteiger partial charge in [0.2, 0.25) is 0 Å². The molecule has 3 nitrogen and oxygen atoms in total. The molecule has 2 N–H and O–H groups in total. The summed E-state index contributed by atoms with van der Waals surface area (Å²) in [6, 6.07) is 4.48. The quantitative estimate of drug-likeness (QED) is 0.674. The SMILES string of the molecule is CC1=CC(/C=C2C(=O)N/C(C)=C/C=C\C(c3ccc(F)c(Cl)c3)=C\2C)NC=C1. The third-order valence-electron chi connectivity index (χ3n) is 4.63. The predicted molar refractivity (Wildman–Crippen MR) is 113 cm³/mol. The summed E-state index contributed by atoms with van der Waals surface area (Å²) in [6.07, 6.45) is 13.4. The Labute approximate surface area is 169 Å². The van der Waals surface area contributed by atoms with Crippen LogP contribution in [0.1, 0.15) is 26.3 Å². The Balaban J connectivity index is 2.16. The van der Waals surface area contributed by atoms with Crippen molar-refractivity contribution in [1.82, 2.24) is 10.6 Å². The molecule has 2 aliphatic heterocycles. The van der Waals surface area contributed by atoms with Crippen molar-refractivity contribution in [1.29, 1.82) is 0 Å². The molecule has 2 heterocycles. The molecule has 3 rings (SSSR count). The molecule has 0 aliphatic carbocycles. The molecule has 0 saturated carbocycles. The molecule has 1 amide bonds. The molecule has 144 valence electrons. The molecule has 0 saturated heterocycles. The van der Waals surface area contributed by atoms with Crippen molar-refractivity contribution in [3.63, 3.8) is 0 Å². The fourth-order valence-electron chi connectivity index (χ4n) is 3.15. The second-order valence-electron chi connectivity index (χ2n) is 6.85. The Hall–Kier alpha value is -2.85. The number of halogens is 2. The summed E-state index contributed by atoms with van der Waals surface area (Å²) in [6.45, 7) is 5.73. The standard InChI is InChI=1S/C23H22ClFN2O/c1-14-9-10-26-18(11-14)13-20-16(3)19(6-4-5-15(2)27-23(20)28)17-7-8-22(25)21(24)12-17/h4-13,18,26H,1-3H3,(H,27,28)/b6-4-,15-5+,19-16-,20-13-. The minimum Gasteiger partial charge on any atom is -0.381 e. The van der Waals surface area contributed by atoms with E-state index in [2.05, 4.69) is 10.6 Å². The van der Waals surface area contributed by atoms with Crippen molar-refractivity contribution < 1.29 is 9.18 Å². The van der Waals surface area contributed by atoms with Gasteiger partial charge in [-0.3, -0.25) is 4.79 Å². The molecule has 0 spiro atoms. The second kappa shape index (κ2) is 8.44. The van der Waals surface area contributed by atoms with E-state index in [1.165, 1.54) is 6.07 Å². The number of allylic oxidation sites excluding steroid dienone is 7. The highest BCUT2D eigenvalue weighted by Crippen LogP contribution is 2.29. The van der Waals surface area contributed by atoms with Gasteiger partial charge in [0.1, 0.15) is 5.82 Å². The van der Waals surface area contributed by atoms with E-state index >= 15 is 0 Å². The van der Waals surface area contributed by atoms with Gasteiger partial charge in [-0.2, -0.15) is 0 Å². The van der Waals surface area contributed by atoms with E-state index in [-0.39, 0.29) is 17.0 Å². The molecule has 1 unspecified atom stereocenters. The summed E-state index contributed by atoms with van der Waals surface area (Å²) in [5.41, 5.74) is 4.73. The average molecular weight is 397 g/mol. The first-order chi connectivity index (χ1) is 13.3. The molecule has 2 aliphatic rings. The van der Waals surface area contributed by atoms with Crippen molar-refractivity contribution >= 4 is 23.1 Å². The van der Waals surface area contributed by atoms with Gasteiger partial charge in [-0.1, -0.05) is 41.5 Å². The average Bonchev–Trinajstić information content (AvgIpc) is 2.69. The van der Waals surface area contributed by atoms with Crippen molar-refractivity contribution in [2.45, 2.75) is 26.8 Å². The Bertz CT molecular complexity index is 996. The fraction of sp³-hybridized carbons (Fsp3) is 0.174. The van der Waals surface area contributed by atoms with Crippen LogP contribution in [0.2, 0.25) is 5.02 Å². The number of dihydropyridines is 1. The molecule has 1 aromatic carbocycles. The maximum absolute atomic E-state index is 13.6. The summed E-state index contributed by atoms with van der Waals surface area (Å²) in [7, 11) is 0. The zero-order valence-electron chi connectivity index (χ0n) is 16.0. The molecule has 0 bridgehead atoms. The maximum atomic E-state index is 13.6. The lowest BCUT2D eigenvalue weighted by molar-refractivity contribution is -0.116. The molecular formula is C23H22ClFN2O. The minimum absolute atomic E-state index is 0.0467. The van der Waals surface area contributed by atoms with Gasteiger partial charge in [0.25, 0.3) is 5.91 Å². The van der Waals surface area contributed by atoms with Crippen LogP contribution in [0.25, 0.3) is 5.57 Å². The number of carbonyl (C=O) groups excluding carboxylic acids is 1. The molecule has 1 atom stereocenters. The van der Waals surface area contributed by atoms with E-state index in [1.54, 1.807) is 12.1 Å². The van der Waals surface area contributed by atoms with Crippen LogP contribution in [-0.4, -0.2) is 11.9 Å². The summed E-state index contributed by atoms with van der Waals surface area (Å²) < 4.78 is 13.6. The van der Waals surface area contributed by atoms with Crippen LogP contribution >= 0.6 is 11.6 Å². The second-order valence-corrected chi connectivity index (χ2v) is 7.25. The lowest BCUT2D eigenvalue weighted by Gasteiger charge is -2.18. The number of amides is 1. The predicted octanol–water partition coefficient (Wildman–Crippen LogP) is 5.20. The van der Waals surface area contributed by atoms with E-state index in [1.807, 2.05) is 63.4 Å². The normalized spacial score (nSPS) is 27.0. The van der Waals surface area contributed by atoms with Gasteiger partial charge in [-0.25, -0.2) is 4.39 Å². The zero-order chi connectivity index (χ0) is 20.3. The number of hydrogen-bond acceptors (Lipinski definition) is 2. The lowest BCUT2D eigenvalue weighted by atomic mass is 9.93. The summed E-state index contributed by atoms with van der Waals surface area (Å²) in [4.78, 5) is 13.0. The highest BCUT2D eigenvalue weighted by Gasteiger charge is 2.19. The van der Waals surface area contributed by atoms with Crippen LogP contribution in [-0.2, 0) is 4.79 Å². The number of nitrogens with one attached hydrogen (secondary N) is 2. The van der Waals surface area contributed by atoms with Crippen molar-refractivity contribution in [3.8, 4) is 0 Å².